The van der Waals surface area contributed by atoms with Crippen LogP contribution in [-0.4, -0.2) is 25.5 Å². The number of ether oxygens (including phenoxy) is 1. The molecule has 2 aromatic carbocycles. The Bertz CT molecular complexity index is 756. The topological polar surface area (TPSA) is 67.4 Å². The average Bonchev–Trinajstić information content (AvgIpc) is 2.57. The van der Waals surface area contributed by atoms with Gasteiger partial charge in [0.05, 0.1) is 19.2 Å². The van der Waals surface area contributed by atoms with Crippen LogP contribution >= 0.6 is 0 Å². The van der Waals surface area contributed by atoms with Crippen molar-refractivity contribution < 1.29 is 14.3 Å². The molecule has 2 rings (SSSR count). The van der Waals surface area contributed by atoms with Crippen molar-refractivity contribution in [2.75, 3.05) is 19.0 Å². The zero-order valence-electron chi connectivity index (χ0n) is 14.9. The van der Waals surface area contributed by atoms with Gasteiger partial charge in [0, 0.05) is 13.5 Å². The van der Waals surface area contributed by atoms with E-state index in [1.807, 2.05) is 49.4 Å². The number of hydrogen-bond acceptors (Lipinski definition) is 3. The fraction of sp³-hybridized carbons (Fsp3) is 0.300. The Kier molecular flexibility index (Phi) is 6.57. The first-order valence-electron chi connectivity index (χ1n) is 8.25. The normalized spacial score (nSPS) is 10.2. The molecule has 132 valence electrons. The van der Waals surface area contributed by atoms with E-state index < -0.39 is 0 Å². The van der Waals surface area contributed by atoms with E-state index in [0.717, 1.165) is 16.7 Å². The van der Waals surface area contributed by atoms with Crippen molar-refractivity contribution in [1.82, 2.24) is 5.32 Å². The van der Waals surface area contributed by atoms with Crippen LogP contribution in [0, 0.1) is 6.92 Å². The monoisotopic (exact) mass is 340 g/mol. The number of hydrogen-bond donors (Lipinski definition) is 2. The number of methoxy groups -OCH3 is 1. The molecule has 5 nitrogen and oxygen atoms in total. The highest BCUT2D eigenvalue weighted by molar-refractivity contribution is 5.90. The molecule has 0 radical (unpaired) electrons. The second kappa shape index (κ2) is 8.87. The van der Waals surface area contributed by atoms with Crippen molar-refractivity contribution in [3.05, 3.63) is 59.2 Å². The Labute approximate surface area is 148 Å². The molecule has 0 aliphatic carbocycles. The van der Waals surface area contributed by atoms with E-state index in [0.29, 0.717) is 30.8 Å². The highest BCUT2D eigenvalue weighted by atomic mass is 16.5. The van der Waals surface area contributed by atoms with Gasteiger partial charge in [-0.25, -0.2) is 0 Å². The van der Waals surface area contributed by atoms with E-state index in [1.54, 1.807) is 7.11 Å². The second-order valence-electron chi connectivity index (χ2n) is 5.92. The molecule has 2 amide bonds. The highest BCUT2D eigenvalue weighted by Gasteiger charge is 2.08. The second-order valence-corrected chi connectivity index (χ2v) is 5.92. The van der Waals surface area contributed by atoms with E-state index in [9.17, 15) is 9.59 Å². The van der Waals surface area contributed by atoms with Gasteiger partial charge < -0.3 is 15.4 Å². The first kappa shape index (κ1) is 18.5. The molecule has 25 heavy (non-hydrogen) atoms. The lowest BCUT2D eigenvalue weighted by molar-refractivity contribution is -0.120. The van der Waals surface area contributed by atoms with Gasteiger partial charge in [0.15, 0.2) is 0 Å². The number of carbonyl (C=O) groups is 2. The van der Waals surface area contributed by atoms with Gasteiger partial charge in [-0.2, -0.15) is 0 Å². The largest absolute Gasteiger partial charge is 0.495 e. The lowest BCUT2D eigenvalue weighted by atomic mass is 10.1. The molecule has 0 aliphatic heterocycles. The van der Waals surface area contributed by atoms with Gasteiger partial charge in [-0.15, -0.1) is 0 Å². The Morgan fingerprint density at radius 1 is 1.12 bits per heavy atom. The number of nitrogens with one attached hydrogen (secondary N) is 2. The van der Waals surface area contributed by atoms with Crippen molar-refractivity contribution in [3.8, 4) is 5.75 Å². The lowest BCUT2D eigenvalue weighted by Gasteiger charge is -2.12. The van der Waals surface area contributed by atoms with Crippen LogP contribution in [0.5, 0.6) is 5.75 Å². The smallest absolute Gasteiger partial charge is 0.224 e. The summed E-state index contributed by atoms with van der Waals surface area (Å²) in [5.74, 6) is 0.467. The lowest BCUT2D eigenvalue weighted by Crippen LogP contribution is -2.27. The van der Waals surface area contributed by atoms with Crippen LogP contribution in [0.25, 0.3) is 0 Å². The van der Waals surface area contributed by atoms with E-state index in [4.69, 9.17) is 4.74 Å². The predicted molar refractivity (Wildman–Crippen MR) is 98.9 cm³/mol. The fourth-order valence-electron chi connectivity index (χ4n) is 2.59. The van der Waals surface area contributed by atoms with Crippen LogP contribution in [-0.2, 0) is 22.4 Å². The summed E-state index contributed by atoms with van der Waals surface area (Å²) in [5, 5.41) is 5.69. The van der Waals surface area contributed by atoms with Crippen LogP contribution in [0.2, 0.25) is 0 Å². The molecule has 0 heterocycles. The predicted octanol–water partition coefficient (Wildman–Crippen LogP) is 2.86. The van der Waals surface area contributed by atoms with Gasteiger partial charge in [0.1, 0.15) is 5.75 Å². The minimum absolute atomic E-state index is 0.00453. The number of amides is 2. The van der Waals surface area contributed by atoms with Gasteiger partial charge in [-0.1, -0.05) is 30.3 Å². The summed E-state index contributed by atoms with van der Waals surface area (Å²) in [7, 11) is 1.56. The molecule has 2 N–H and O–H groups in total. The maximum absolute atomic E-state index is 12.1. The molecule has 0 fully saturated rings. The molecule has 0 saturated carbocycles. The van der Waals surface area contributed by atoms with Crippen molar-refractivity contribution >= 4 is 17.5 Å². The summed E-state index contributed by atoms with van der Waals surface area (Å²) in [6.45, 7) is 4.00. The van der Waals surface area contributed by atoms with Crippen LogP contribution in [0.4, 0.5) is 5.69 Å². The summed E-state index contributed by atoms with van der Waals surface area (Å²) >= 11 is 0. The maximum Gasteiger partial charge on any atom is 0.224 e. The standard InChI is InChI=1S/C20H24N2O3/c1-14-6-4-5-7-17(14)13-20(24)21-11-10-16-8-9-19(25-3)18(12-16)22-15(2)23/h4-9,12H,10-11,13H2,1-3H3,(H,21,24)(H,22,23). The third-order valence-electron chi connectivity index (χ3n) is 3.92. The van der Waals surface area contributed by atoms with Gasteiger partial charge in [-0.05, 0) is 42.2 Å². The van der Waals surface area contributed by atoms with Crippen LogP contribution in [0.1, 0.15) is 23.6 Å². The van der Waals surface area contributed by atoms with Crippen LogP contribution in [0.3, 0.4) is 0 Å². The Hall–Kier alpha value is -2.82. The summed E-state index contributed by atoms with van der Waals surface area (Å²) in [4.78, 5) is 23.4. The summed E-state index contributed by atoms with van der Waals surface area (Å²) in [5.41, 5.74) is 3.81. The molecule has 0 atom stereocenters. The van der Waals surface area contributed by atoms with Crippen molar-refractivity contribution in [2.45, 2.75) is 26.7 Å². The zero-order valence-corrected chi connectivity index (χ0v) is 14.9. The SMILES string of the molecule is COc1ccc(CCNC(=O)Cc2ccccc2C)cc1NC(C)=O. The molecule has 0 bridgehead atoms. The fourth-order valence-corrected chi connectivity index (χ4v) is 2.59. The number of rotatable bonds is 7. The third-order valence-corrected chi connectivity index (χ3v) is 3.92. The first-order valence-corrected chi connectivity index (χ1v) is 8.25. The molecule has 0 saturated heterocycles. The van der Waals surface area contributed by atoms with E-state index in [-0.39, 0.29) is 11.8 Å². The number of aryl methyl sites for hydroxylation is 1. The van der Waals surface area contributed by atoms with Crippen LogP contribution in [0.15, 0.2) is 42.5 Å². The van der Waals surface area contributed by atoms with Gasteiger partial charge in [0.2, 0.25) is 11.8 Å². The Balaban J connectivity index is 1.89. The molecular weight excluding hydrogens is 316 g/mol. The Morgan fingerprint density at radius 2 is 1.88 bits per heavy atom. The first-order chi connectivity index (χ1) is 12.0. The number of benzene rings is 2. The summed E-state index contributed by atoms with van der Waals surface area (Å²) in [6, 6.07) is 13.5. The molecule has 0 spiro atoms. The van der Waals surface area contributed by atoms with Gasteiger partial charge in [0.25, 0.3) is 0 Å². The molecule has 5 heteroatoms. The molecular formula is C20H24N2O3. The quantitative estimate of drug-likeness (QED) is 0.814. The molecule has 0 aromatic heterocycles. The van der Waals surface area contributed by atoms with Gasteiger partial charge in [-0.3, -0.25) is 9.59 Å². The molecule has 2 aromatic rings. The van der Waals surface area contributed by atoms with Crippen molar-refractivity contribution in [2.24, 2.45) is 0 Å². The van der Waals surface area contributed by atoms with Gasteiger partial charge >= 0.3 is 0 Å². The molecule has 0 aliphatic rings. The number of anilines is 1. The minimum atomic E-state index is -0.151. The zero-order chi connectivity index (χ0) is 18.2. The third kappa shape index (κ3) is 5.64. The van der Waals surface area contributed by atoms with Crippen molar-refractivity contribution in [1.29, 1.82) is 0 Å². The van der Waals surface area contributed by atoms with E-state index in [2.05, 4.69) is 10.6 Å². The van der Waals surface area contributed by atoms with Crippen LogP contribution < -0.4 is 15.4 Å². The minimum Gasteiger partial charge on any atom is -0.495 e. The number of carbonyl (C=O) groups excluding carboxylic acids is 2. The Morgan fingerprint density at radius 3 is 2.56 bits per heavy atom. The maximum atomic E-state index is 12.1. The molecule has 0 unspecified atom stereocenters. The average molecular weight is 340 g/mol. The summed E-state index contributed by atoms with van der Waals surface area (Å²) < 4.78 is 5.24. The highest BCUT2D eigenvalue weighted by Crippen LogP contribution is 2.25. The van der Waals surface area contributed by atoms with E-state index >= 15 is 0 Å². The summed E-state index contributed by atoms with van der Waals surface area (Å²) in [6.07, 6.45) is 1.06. The van der Waals surface area contributed by atoms with E-state index in [1.165, 1.54) is 6.92 Å². The van der Waals surface area contributed by atoms with Crippen molar-refractivity contribution in [3.63, 3.8) is 0 Å².